The molecule has 3 aromatic heterocycles. The fourth-order valence-electron chi connectivity index (χ4n) is 2.44. The molecular weight excluding hydrogens is 298 g/mol. The van der Waals surface area contributed by atoms with E-state index >= 15 is 0 Å². The third-order valence-electron chi connectivity index (χ3n) is 3.73. The van der Waals surface area contributed by atoms with Crippen molar-refractivity contribution in [3.05, 3.63) is 30.0 Å². The molecule has 0 radical (unpaired) electrons. The third kappa shape index (κ3) is 2.56. The number of hydrogen-bond donors (Lipinski definition) is 0. The highest BCUT2D eigenvalue weighted by Crippen LogP contribution is 2.39. The fourth-order valence-corrected chi connectivity index (χ4v) is 2.44. The van der Waals surface area contributed by atoms with Gasteiger partial charge in [0, 0.05) is 12.1 Å². The molecule has 4 rings (SSSR count). The molecule has 0 spiro atoms. The monoisotopic (exact) mass is 313 g/mol. The van der Waals surface area contributed by atoms with Crippen molar-refractivity contribution < 1.29 is 14.1 Å². The lowest BCUT2D eigenvalue weighted by atomic mass is 10.2. The molecular formula is C15H15N5O3. The Morgan fingerprint density at radius 1 is 1.43 bits per heavy atom. The molecule has 118 valence electrons. The number of rotatable bonds is 5. The standard InChI is InChI=1S/C15H15N5O3/c1-2-22-12(21)8-11-17-18-14-10(4-3-7-20(11)14)15-16-13(19-23-15)9-5-6-9/h3-4,7,9H,2,5-6,8H2,1H3. The molecule has 0 N–H and O–H groups in total. The molecule has 0 bridgehead atoms. The molecule has 8 nitrogen and oxygen atoms in total. The summed E-state index contributed by atoms with van der Waals surface area (Å²) in [6, 6.07) is 3.68. The van der Waals surface area contributed by atoms with Gasteiger partial charge in [-0.15, -0.1) is 10.2 Å². The lowest BCUT2D eigenvalue weighted by Gasteiger charge is -2.01. The molecule has 3 aromatic rings. The predicted octanol–water partition coefficient (Wildman–Crippen LogP) is 1.76. The Hall–Kier alpha value is -2.77. The van der Waals surface area contributed by atoms with Gasteiger partial charge in [-0.2, -0.15) is 4.98 Å². The summed E-state index contributed by atoms with van der Waals surface area (Å²) < 4.78 is 12.1. The third-order valence-corrected chi connectivity index (χ3v) is 3.73. The zero-order chi connectivity index (χ0) is 15.8. The van der Waals surface area contributed by atoms with Crippen LogP contribution in [0, 0.1) is 0 Å². The molecule has 0 aromatic carbocycles. The van der Waals surface area contributed by atoms with Gasteiger partial charge in [0.05, 0.1) is 12.2 Å². The van der Waals surface area contributed by atoms with Crippen molar-refractivity contribution >= 4 is 11.6 Å². The summed E-state index contributed by atoms with van der Waals surface area (Å²) in [5.41, 5.74) is 1.28. The van der Waals surface area contributed by atoms with E-state index in [1.807, 2.05) is 12.1 Å². The molecule has 8 heteroatoms. The van der Waals surface area contributed by atoms with Gasteiger partial charge in [-0.05, 0) is 31.9 Å². The number of hydrogen-bond acceptors (Lipinski definition) is 7. The van der Waals surface area contributed by atoms with Gasteiger partial charge in [0.1, 0.15) is 12.2 Å². The maximum absolute atomic E-state index is 11.7. The minimum absolute atomic E-state index is 0.0651. The first-order valence-corrected chi connectivity index (χ1v) is 7.58. The molecule has 3 heterocycles. The second kappa shape index (κ2) is 5.45. The van der Waals surface area contributed by atoms with Crippen molar-refractivity contribution in [3.63, 3.8) is 0 Å². The lowest BCUT2D eigenvalue weighted by Crippen LogP contribution is -2.10. The largest absolute Gasteiger partial charge is 0.466 e. The van der Waals surface area contributed by atoms with Gasteiger partial charge in [0.2, 0.25) is 0 Å². The molecule has 23 heavy (non-hydrogen) atoms. The average molecular weight is 313 g/mol. The van der Waals surface area contributed by atoms with Crippen molar-refractivity contribution in [2.75, 3.05) is 6.61 Å². The van der Waals surface area contributed by atoms with Crippen LogP contribution >= 0.6 is 0 Å². The first kappa shape index (κ1) is 13.9. The van der Waals surface area contributed by atoms with Crippen LogP contribution in [0.2, 0.25) is 0 Å². The van der Waals surface area contributed by atoms with E-state index in [2.05, 4.69) is 20.3 Å². The van der Waals surface area contributed by atoms with E-state index in [0.717, 1.165) is 18.7 Å². The molecule has 1 aliphatic carbocycles. The molecule has 1 fully saturated rings. The van der Waals surface area contributed by atoms with Crippen LogP contribution in [0.25, 0.3) is 17.1 Å². The van der Waals surface area contributed by atoms with Crippen LogP contribution in [0.15, 0.2) is 22.9 Å². The highest BCUT2D eigenvalue weighted by Gasteiger charge is 2.29. The molecule has 0 aliphatic heterocycles. The predicted molar refractivity (Wildman–Crippen MR) is 78.6 cm³/mol. The van der Waals surface area contributed by atoms with E-state index < -0.39 is 0 Å². The summed E-state index contributed by atoms with van der Waals surface area (Å²) in [5.74, 6) is 1.77. The second-order valence-electron chi connectivity index (χ2n) is 5.45. The van der Waals surface area contributed by atoms with Gasteiger partial charge in [-0.1, -0.05) is 5.16 Å². The summed E-state index contributed by atoms with van der Waals surface area (Å²) in [7, 11) is 0. The Morgan fingerprint density at radius 3 is 3.09 bits per heavy atom. The highest BCUT2D eigenvalue weighted by atomic mass is 16.5. The van der Waals surface area contributed by atoms with Gasteiger partial charge in [0.25, 0.3) is 5.89 Å². The zero-order valence-corrected chi connectivity index (χ0v) is 12.6. The summed E-state index contributed by atoms with van der Waals surface area (Å²) in [4.78, 5) is 16.1. The second-order valence-corrected chi connectivity index (χ2v) is 5.45. The van der Waals surface area contributed by atoms with Gasteiger partial charge in [-0.3, -0.25) is 9.20 Å². The van der Waals surface area contributed by atoms with Crippen LogP contribution in [0.3, 0.4) is 0 Å². The van der Waals surface area contributed by atoms with Crippen LogP contribution in [0.1, 0.15) is 37.3 Å². The number of pyridine rings is 1. The average Bonchev–Trinajstić information content (AvgIpc) is 3.14. The Kier molecular flexibility index (Phi) is 3.29. The number of esters is 1. The van der Waals surface area contributed by atoms with Gasteiger partial charge >= 0.3 is 5.97 Å². The van der Waals surface area contributed by atoms with E-state index in [0.29, 0.717) is 35.5 Å². The van der Waals surface area contributed by atoms with E-state index in [1.54, 1.807) is 17.5 Å². The number of nitrogens with zero attached hydrogens (tertiary/aromatic N) is 5. The fraction of sp³-hybridized carbons (Fsp3) is 0.400. The van der Waals surface area contributed by atoms with Crippen LogP contribution in [-0.2, 0) is 16.0 Å². The number of carbonyl (C=O) groups is 1. The maximum Gasteiger partial charge on any atom is 0.313 e. The SMILES string of the molecule is CCOC(=O)Cc1nnc2c(-c3nc(C4CC4)no3)cccn12. The molecule has 0 unspecified atom stereocenters. The zero-order valence-electron chi connectivity index (χ0n) is 12.6. The van der Waals surface area contributed by atoms with Gasteiger partial charge in [0.15, 0.2) is 11.5 Å². The molecule has 1 aliphatic rings. The number of fused-ring (bicyclic) bond motifs is 1. The normalized spacial score (nSPS) is 14.3. The summed E-state index contributed by atoms with van der Waals surface area (Å²) in [5, 5.41) is 12.3. The number of aromatic nitrogens is 5. The molecule has 0 amide bonds. The Labute approximate surface area is 131 Å². The van der Waals surface area contributed by atoms with E-state index in [1.165, 1.54) is 0 Å². The van der Waals surface area contributed by atoms with E-state index in [9.17, 15) is 4.79 Å². The van der Waals surface area contributed by atoms with Crippen LogP contribution < -0.4 is 0 Å². The van der Waals surface area contributed by atoms with Crippen molar-refractivity contribution in [3.8, 4) is 11.5 Å². The Bertz CT molecular complexity index is 865. The lowest BCUT2D eigenvalue weighted by molar-refractivity contribution is -0.142. The molecule has 0 saturated heterocycles. The van der Waals surface area contributed by atoms with Crippen molar-refractivity contribution in [2.45, 2.75) is 32.1 Å². The first-order valence-electron chi connectivity index (χ1n) is 7.58. The van der Waals surface area contributed by atoms with Crippen LogP contribution in [-0.4, -0.2) is 37.3 Å². The van der Waals surface area contributed by atoms with Crippen LogP contribution in [0.5, 0.6) is 0 Å². The maximum atomic E-state index is 11.7. The van der Waals surface area contributed by atoms with Gasteiger partial charge in [-0.25, -0.2) is 0 Å². The van der Waals surface area contributed by atoms with Crippen molar-refractivity contribution in [2.24, 2.45) is 0 Å². The Morgan fingerprint density at radius 2 is 2.30 bits per heavy atom. The molecule has 0 atom stereocenters. The minimum atomic E-state index is -0.332. The van der Waals surface area contributed by atoms with E-state index in [-0.39, 0.29) is 12.4 Å². The first-order chi connectivity index (χ1) is 11.3. The van der Waals surface area contributed by atoms with E-state index in [4.69, 9.17) is 9.26 Å². The van der Waals surface area contributed by atoms with Crippen LogP contribution in [0.4, 0.5) is 0 Å². The Balaban J connectivity index is 1.70. The van der Waals surface area contributed by atoms with Crippen molar-refractivity contribution in [1.82, 2.24) is 24.7 Å². The number of ether oxygens (including phenoxy) is 1. The minimum Gasteiger partial charge on any atom is -0.466 e. The van der Waals surface area contributed by atoms with Gasteiger partial charge < -0.3 is 9.26 Å². The molecule has 1 saturated carbocycles. The highest BCUT2D eigenvalue weighted by molar-refractivity contribution is 5.74. The smallest absolute Gasteiger partial charge is 0.313 e. The number of carbonyl (C=O) groups excluding carboxylic acids is 1. The summed E-state index contributed by atoms with van der Waals surface area (Å²) >= 11 is 0. The van der Waals surface area contributed by atoms with Crippen molar-refractivity contribution in [1.29, 1.82) is 0 Å². The summed E-state index contributed by atoms with van der Waals surface area (Å²) in [6.07, 6.45) is 4.08. The topological polar surface area (TPSA) is 95.4 Å². The summed E-state index contributed by atoms with van der Waals surface area (Å²) in [6.45, 7) is 2.11. The quantitative estimate of drug-likeness (QED) is 0.662.